The number of piperidine rings is 1. The van der Waals surface area contributed by atoms with Gasteiger partial charge in [-0.05, 0) is 31.4 Å². The van der Waals surface area contributed by atoms with E-state index in [-0.39, 0.29) is 17.2 Å². The molecule has 1 aromatic rings. The molecule has 1 N–H and O–H groups in total. The minimum atomic E-state index is -0.324. The van der Waals surface area contributed by atoms with Crippen molar-refractivity contribution in [1.29, 1.82) is 0 Å². The van der Waals surface area contributed by atoms with Crippen molar-refractivity contribution >= 4 is 11.8 Å². The highest BCUT2D eigenvalue weighted by Crippen LogP contribution is 2.39. The van der Waals surface area contributed by atoms with E-state index >= 15 is 0 Å². The standard InChI is InChI=1S/C14H19N3O2/c1-16-8-3-5-14(13(16)19)6-9-17(10-14)12(18)11-4-2-7-15-11/h2,4,7,15H,3,5-6,8-10H2,1H3. The van der Waals surface area contributed by atoms with Crippen LogP contribution in [0.5, 0.6) is 0 Å². The molecule has 1 unspecified atom stereocenters. The highest BCUT2D eigenvalue weighted by Gasteiger charge is 2.48. The van der Waals surface area contributed by atoms with Crippen LogP contribution in [0.1, 0.15) is 29.8 Å². The van der Waals surface area contributed by atoms with Crippen LogP contribution in [0.15, 0.2) is 18.3 Å². The number of nitrogens with zero attached hydrogens (tertiary/aromatic N) is 2. The van der Waals surface area contributed by atoms with Gasteiger partial charge in [0.2, 0.25) is 5.91 Å². The van der Waals surface area contributed by atoms with Crippen LogP contribution < -0.4 is 0 Å². The molecule has 3 rings (SSSR count). The fourth-order valence-corrected chi connectivity index (χ4v) is 3.33. The van der Waals surface area contributed by atoms with Crippen LogP contribution in [0.4, 0.5) is 0 Å². The van der Waals surface area contributed by atoms with Gasteiger partial charge in [0.05, 0.1) is 5.41 Å². The van der Waals surface area contributed by atoms with E-state index in [2.05, 4.69) is 4.98 Å². The molecule has 2 aliphatic rings. The molecule has 5 nitrogen and oxygen atoms in total. The van der Waals surface area contributed by atoms with Crippen molar-refractivity contribution in [3.05, 3.63) is 24.0 Å². The van der Waals surface area contributed by atoms with Crippen molar-refractivity contribution in [3.8, 4) is 0 Å². The monoisotopic (exact) mass is 261 g/mol. The SMILES string of the molecule is CN1CCCC2(CCN(C(=O)c3ccc[nH]3)C2)C1=O. The van der Waals surface area contributed by atoms with Gasteiger partial charge in [-0.3, -0.25) is 9.59 Å². The lowest BCUT2D eigenvalue weighted by Crippen LogP contribution is -2.48. The summed E-state index contributed by atoms with van der Waals surface area (Å²) in [6.45, 7) is 2.08. The maximum atomic E-state index is 12.4. The van der Waals surface area contributed by atoms with Gasteiger partial charge in [0, 0.05) is 32.9 Å². The minimum Gasteiger partial charge on any atom is -0.357 e. The summed E-state index contributed by atoms with van der Waals surface area (Å²) in [5.74, 6) is 0.212. The molecule has 0 aliphatic carbocycles. The quantitative estimate of drug-likeness (QED) is 0.823. The lowest BCUT2D eigenvalue weighted by atomic mass is 9.78. The number of aromatic nitrogens is 1. The second-order valence-corrected chi connectivity index (χ2v) is 5.67. The Morgan fingerprint density at radius 3 is 2.95 bits per heavy atom. The van der Waals surface area contributed by atoms with Crippen molar-refractivity contribution < 1.29 is 9.59 Å². The summed E-state index contributed by atoms with van der Waals surface area (Å²) in [5.41, 5.74) is 0.281. The van der Waals surface area contributed by atoms with Crippen LogP contribution in [-0.4, -0.2) is 53.3 Å². The van der Waals surface area contributed by atoms with Crippen LogP contribution in [0.25, 0.3) is 0 Å². The molecule has 1 aromatic heterocycles. The van der Waals surface area contributed by atoms with Gasteiger partial charge >= 0.3 is 0 Å². The van der Waals surface area contributed by atoms with E-state index in [1.807, 2.05) is 22.9 Å². The van der Waals surface area contributed by atoms with Gasteiger partial charge in [-0.2, -0.15) is 0 Å². The summed E-state index contributed by atoms with van der Waals surface area (Å²) in [6, 6.07) is 3.60. The first-order chi connectivity index (χ1) is 9.12. The Morgan fingerprint density at radius 2 is 2.21 bits per heavy atom. The lowest BCUT2D eigenvalue weighted by Gasteiger charge is -2.37. The Balaban J connectivity index is 1.76. The Labute approximate surface area is 112 Å². The number of hydrogen-bond acceptors (Lipinski definition) is 2. The van der Waals surface area contributed by atoms with E-state index in [0.29, 0.717) is 18.8 Å². The Kier molecular flexibility index (Phi) is 2.84. The van der Waals surface area contributed by atoms with Gasteiger partial charge in [-0.25, -0.2) is 0 Å². The minimum absolute atomic E-state index is 0.00269. The van der Waals surface area contributed by atoms with Gasteiger partial charge in [0.25, 0.3) is 5.91 Å². The number of carbonyl (C=O) groups is 2. The zero-order chi connectivity index (χ0) is 13.5. The van der Waals surface area contributed by atoms with Crippen LogP contribution in [0.2, 0.25) is 0 Å². The average Bonchev–Trinajstić information content (AvgIpc) is 3.06. The molecule has 3 heterocycles. The number of rotatable bonds is 1. The number of carbonyl (C=O) groups excluding carboxylic acids is 2. The van der Waals surface area contributed by atoms with Crippen molar-refractivity contribution in [2.24, 2.45) is 5.41 Å². The first-order valence-electron chi connectivity index (χ1n) is 6.81. The fraction of sp³-hybridized carbons (Fsp3) is 0.571. The van der Waals surface area contributed by atoms with Crippen LogP contribution in [-0.2, 0) is 4.79 Å². The summed E-state index contributed by atoms with van der Waals surface area (Å²) in [6.07, 6.45) is 4.48. The van der Waals surface area contributed by atoms with E-state index < -0.39 is 0 Å². The highest BCUT2D eigenvalue weighted by atomic mass is 16.2. The third-order valence-electron chi connectivity index (χ3n) is 4.42. The molecule has 0 radical (unpaired) electrons. The average molecular weight is 261 g/mol. The molecular weight excluding hydrogens is 242 g/mol. The first-order valence-corrected chi connectivity index (χ1v) is 6.81. The Bertz CT molecular complexity index is 497. The number of nitrogens with one attached hydrogen (secondary N) is 1. The molecule has 0 aromatic carbocycles. The number of likely N-dealkylation sites (tertiary alicyclic amines) is 2. The maximum absolute atomic E-state index is 12.4. The highest BCUT2D eigenvalue weighted by molar-refractivity contribution is 5.94. The zero-order valence-corrected chi connectivity index (χ0v) is 11.2. The molecule has 19 heavy (non-hydrogen) atoms. The van der Waals surface area contributed by atoms with Gasteiger partial charge in [0.15, 0.2) is 0 Å². The van der Waals surface area contributed by atoms with Crippen molar-refractivity contribution in [2.45, 2.75) is 19.3 Å². The Morgan fingerprint density at radius 1 is 1.37 bits per heavy atom. The van der Waals surface area contributed by atoms with E-state index in [1.165, 1.54) is 0 Å². The van der Waals surface area contributed by atoms with E-state index in [0.717, 1.165) is 25.8 Å². The smallest absolute Gasteiger partial charge is 0.270 e. The molecule has 2 saturated heterocycles. The van der Waals surface area contributed by atoms with Gasteiger partial charge in [-0.1, -0.05) is 0 Å². The molecule has 0 bridgehead atoms. The van der Waals surface area contributed by atoms with Crippen LogP contribution in [0, 0.1) is 5.41 Å². The molecule has 2 aliphatic heterocycles. The van der Waals surface area contributed by atoms with Gasteiger partial charge in [-0.15, -0.1) is 0 Å². The number of amides is 2. The van der Waals surface area contributed by atoms with Gasteiger partial charge < -0.3 is 14.8 Å². The molecule has 0 saturated carbocycles. The largest absolute Gasteiger partial charge is 0.357 e. The van der Waals surface area contributed by atoms with Crippen molar-refractivity contribution in [1.82, 2.24) is 14.8 Å². The molecule has 102 valence electrons. The number of hydrogen-bond donors (Lipinski definition) is 1. The Hall–Kier alpha value is -1.78. The van der Waals surface area contributed by atoms with Crippen LogP contribution in [0.3, 0.4) is 0 Å². The third-order valence-corrected chi connectivity index (χ3v) is 4.42. The predicted octanol–water partition coefficient (Wildman–Crippen LogP) is 1.10. The van der Waals surface area contributed by atoms with Crippen LogP contribution >= 0.6 is 0 Å². The lowest BCUT2D eigenvalue weighted by molar-refractivity contribution is -0.143. The normalized spacial score (nSPS) is 27.3. The molecular formula is C14H19N3O2. The molecule has 2 fully saturated rings. The summed E-state index contributed by atoms with van der Waals surface area (Å²) >= 11 is 0. The van der Waals surface area contributed by atoms with E-state index in [1.54, 1.807) is 12.3 Å². The zero-order valence-electron chi connectivity index (χ0n) is 11.2. The molecule has 5 heteroatoms. The molecule has 1 spiro atoms. The molecule has 1 atom stereocenters. The third kappa shape index (κ3) is 1.93. The fourth-order valence-electron chi connectivity index (χ4n) is 3.33. The first kappa shape index (κ1) is 12.3. The van der Waals surface area contributed by atoms with Crippen molar-refractivity contribution in [3.63, 3.8) is 0 Å². The second-order valence-electron chi connectivity index (χ2n) is 5.67. The maximum Gasteiger partial charge on any atom is 0.270 e. The summed E-state index contributed by atoms with van der Waals surface area (Å²) in [7, 11) is 1.86. The number of aromatic amines is 1. The summed E-state index contributed by atoms with van der Waals surface area (Å²) in [4.78, 5) is 31.2. The van der Waals surface area contributed by atoms with Crippen molar-refractivity contribution in [2.75, 3.05) is 26.7 Å². The second kappa shape index (κ2) is 4.40. The van der Waals surface area contributed by atoms with E-state index in [4.69, 9.17) is 0 Å². The van der Waals surface area contributed by atoms with Gasteiger partial charge in [0.1, 0.15) is 5.69 Å². The topological polar surface area (TPSA) is 56.4 Å². The number of H-pyrrole nitrogens is 1. The summed E-state index contributed by atoms with van der Waals surface area (Å²) in [5, 5.41) is 0. The summed E-state index contributed by atoms with van der Waals surface area (Å²) < 4.78 is 0. The predicted molar refractivity (Wildman–Crippen MR) is 70.6 cm³/mol. The molecule has 2 amide bonds. The van der Waals surface area contributed by atoms with E-state index in [9.17, 15) is 9.59 Å².